The number of aryl methyl sites for hydroxylation is 1. The highest BCUT2D eigenvalue weighted by atomic mass is 32.1. The van der Waals surface area contributed by atoms with E-state index in [0.717, 1.165) is 29.5 Å². The fourth-order valence-corrected chi connectivity index (χ4v) is 2.64. The Morgan fingerprint density at radius 1 is 1.55 bits per heavy atom. The van der Waals surface area contributed by atoms with Crippen LogP contribution in [0, 0.1) is 12.8 Å². The lowest BCUT2D eigenvalue weighted by molar-refractivity contribution is 0.202. The van der Waals surface area contributed by atoms with E-state index in [4.69, 9.17) is 22.7 Å². The standard InChI is InChI=1S/C15H23N3OS/c1-10-4-7-13(14(16)20)15(17-10)18(8-9-19-3)11(2)12-5-6-12/h4,7,11-12H,5-6,8-9H2,1-3H3,(H2,16,20). The summed E-state index contributed by atoms with van der Waals surface area (Å²) in [6.07, 6.45) is 2.58. The van der Waals surface area contributed by atoms with Crippen LogP contribution in [-0.2, 0) is 4.74 Å². The highest BCUT2D eigenvalue weighted by molar-refractivity contribution is 7.80. The summed E-state index contributed by atoms with van der Waals surface area (Å²) in [4.78, 5) is 7.38. The molecule has 1 atom stereocenters. The zero-order valence-electron chi connectivity index (χ0n) is 12.4. The van der Waals surface area contributed by atoms with Crippen LogP contribution in [0.1, 0.15) is 31.0 Å². The highest BCUT2D eigenvalue weighted by Gasteiger charge is 2.33. The molecule has 2 rings (SSSR count). The van der Waals surface area contributed by atoms with Gasteiger partial charge in [0.15, 0.2) is 0 Å². The molecule has 0 saturated heterocycles. The second-order valence-electron chi connectivity index (χ2n) is 5.45. The first-order valence-electron chi connectivity index (χ1n) is 7.07. The molecule has 1 fully saturated rings. The van der Waals surface area contributed by atoms with E-state index in [0.29, 0.717) is 17.6 Å². The van der Waals surface area contributed by atoms with E-state index in [2.05, 4.69) is 16.8 Å². The van der Waals surface area contributed by atoms with E-state index in [1.165, 1.54) is 12.8 Å². The average molecular weight is 293 g/mol. The van der Waals surface area contributed by atoms with Gasteiger partial charge >= 0.3 is 0 Å². The van der Waals surface area contributed by atoms with Crippen molar-refractivity contribution in [3.8, 4) is 0 Å². The Morgan fingerprint density at radius 2 is 2.25 bits per heavy atom. The normalized spacial score (nSPS) is 15.9. The number of nitrogens with two attached hydrogens (primary N) is 1. The number of ether oxygens (including phenoxy) is 1. The zero-order chi connectivity index (χ0) is 14.7. The van der Waals surface area contributed by atoms with Gasteiger partial charge in [0.1, 0.15) is 10.8 Å². The number of thiocarbonyl (C=S) groups is 1. The molecule has 0 spiro atoms. The van der Waals surface area contributed by atoms with Crippen molar-refractivity contribution in [3.05, 3.63) is 23.4 Å². The minimum absolute atomic E-state index is 0.401. The van der Waals surface area contributed by atoms with Crippen molar-refractivity contribution in [2.75, 3.05) is 25.2 Å². The van der Waals surface area contributed by atoms with E-state index in [1.807, 2.05) is 19.1 Å². The topological polar surface area (TPSA) is 51.4 Å². The van der Waals surface area contributed by atoms with Gasteiger partial charge in [-0.15, -0.1) is 0 Å². The van der Waals surface area contributed by atoms with Gasteiger partial charge in [-0.3, -0.25) is 0 Å². The first-order valence-corrected chi connectivity index (χ1v) is 7.48. The number of rotatable bonds is 7. The first kappa shape index (κ1) is 15.2. The number of methoxy groups -OCH3 is 1. The number of aromatic nitrogens is 1. The number of hydrogen-bond donors (Lipinski definition) is 1. The van der Waals surface area contributed by atoms with Crippen molar-refractivity contribution in [2.45, 2.75) is 32.7 Å². The highest BCUT2D eigenvalue weighted by Crippen LogP contribution is 2.37. The van der Waals surface area contributed by atoms with Crippen LogP contribution in [0.15, 0.2) is 12.1 Å². The van der Waals surface area contributed by atoms with Gasteiger partial charge in [-0.05, 0) is 44.7 Å². The molecule has 5 heteroatoms. The summed E-state index contributed by atoms with van der Waals surface area (Å²) in [7, 11) is 1.72. The van der Waals surface area contributed by atoms with Crippen molar-refractivity contribution in [1.29, 1.82) is 0 Å². The molecule has 1 heterocycles. The fourth-order valence-electron chi connectivity index (χ4n) is 2.48. The fraction of sp³-hybridized carbons (Fsp3) is 0.600. The summed E-state index contributed by atoms with van der Waals surface area (Å²) in [5.74, 6) is 1.64. The SMILES string of the molecule is COCCN(c1nc(C)ccc1C(N)=S)C(C)C1CC1. The first-order chi connectivity index (χ1) is 9.54. The lowest BCUT2D eigenvalue weighted by Gasteiger charge is -2.32. The summed E-state index contributed by atoms with van der Waals surface area (Å²) in [5, 5.41) is 0. The second-order valence-corrected chi connectivity index (χ2v) is 5.89. The van der Waals surface area contributed by atoms with Crippen LogP contribution in [0.2, 0.25) is 0 Å². The van der Waals surface area contributed by atoms with Crippen molar-refractivity contribution >= 4 is 23.0 Å². The van der Waals surface area contributed by atoms with Crippen LogP contribution in [0.3, 0.4) is 0 Å². The van der Waals surface area contributed by atoms with Crippen molar-refractivity contribution < 1.29 is 4.74 Å². The molecule has 4 nitrogen and oxygen atoms in total. The predicted molar refractivity (Wildman–Crippen MR) is 86.3 cm³/mol. The van der Waals surface area contributed by atoms with Crippen LogP contribution < -0.4 is 10.6 Å². The molecule has 1 aliphatic rings. The Labute approximate surface area is 126 Å². The maximum absolute atomic E-state index is 5.86. The summed E-state index contributed by atoms with van der Waals surface area (Å²) < 4.78 is 5.24. The Balaban J connectivity index is 2.35. The quantitative estimate of drug-likeness (QED) is 0.782. The molecular weight excluding hydrogens is 270 g/mol. The molecule has 20 heavy (non-hydrogen) atoms. The minimum Gasteiger partial charge on any atom is -0.389 e. The van der Waals surface area contributed by atoms with Crippen LogP contribution in [0.4, 0.5) is 5.82 Å². The molecule has 1 unspecified atom stereocenters. The maximum atomic E-state index is 5.86. The number of pyridine rings is 1. The lowest BCUT2D eigenvalue weighted by Crippen LogP contribution is -2.39. The molecule has 1 saturated carbocycles. The van der Waals surface area contributed by atoms with E-state index in [-0.39, 0.29) is 0 Å². The molecule has 0 radical (unpaired) electrons. The van der Waals surface area contributed by atoms with Gasteiger partial charge in [-0.1, -0.05) is 12.2 Å². The third-order valence-corrected chi connectivity index (χ3v) is 4.10. The molecular formula is C15H23N3OS. The summed E-state index contributed by atoms with van der Waals surface area (Å²) in [6, 6.07) is 4.36. The Morgan fingerprint density at radius 3 is 2.80 bits per heavy atom. The molecule has 2 N–H and O–H groups in total. The molecule has 0 aliphatic heterocycles. The summed E-state index contributed by atoms with van der Waals surface area (Å²) >= 11 is 5.17. The monoisotopic (exact) mass is 293 g/mol. The largest absolute Gasteiger partial charge is 0.389 e. The van der Waals surface area contributed by atoms with Gasteiger partial charge in [-0.25, -0.2) is 4.98 Å². The van der Waals surface area contributed by atoms with Gasteiger partial charge < -0.3 is 15.4 Å². The number of anilines is 1. The summed E-state index contributed by atoms with van der Waals surface area (Å²) in [6.45, 7) is 5.72. The van der Waals surface area contributed by atoms with Gasteiger partial charge in [0, 0.05) is 25.4 Å². The Kier molecular flexibility index (Phi) is 4.94. The molecule has 110 valence electrons. The number of hydrogen-bond acceptors (Lipinski definition) is 4. The molecule has 0 amide bonds. The van der Waals surface area contributed by atoms with E-state index >= 15 is 0 Å². The minimum atomic E-state index is 0.401. The van der Waals surface area contributed by atoms with Crippen molar-refractivity contribution in [2.24, 2.45) is 11.7 Å². The third-order valence-electron chi connectivity index (χ3n) is 3.88. The maximum Gasteiger partial charge on any atom is 0.139 e. The second kappa shape index (κ2) is 6.50. The van der Waals surface area contributed by atoms with Gasteiger partial charge in [-0.2, -0.15) is 0 Å². The Hall–Kier alpha value is -1.20. The molecule has 0 aromatic carbocycles. The molecule has 0 bridgehead atoms. The van der Waals surface area contributed by atoms with Gasteiger partial charge in [0.2, 0.25) is 0 Å². The van der Waals surface area contributed by atoms with Crippen LogP contribution >= 0.6 is 12.2 Å². The van der Waals surface area contributed by atoms with E-state index < -0.39 is 0 Å². The van der Waals surface area contributed by atoms with E-state index in [9.17, 15) is 0 Å². The zero-order valence-corrected chi connectivity index (χ0v) is 13.2. The average Bonchev–Trinajstić information content (AvgIpc) is 3.23. The van der Waals surface area contributed by atoms with Crippen molar-refractivity contribution in [3.63, 3.8) is 0 Å². The third kappa shape index (κ3) is 3.46. The smallest absolute Gasteiger partial charge is 0.139 e. The predicted octanol–water partition coefficient (Wildman–Crippen LogP) is 2.28. The van der Waals surface area contributed by atoms with Gasteiger partial charge in [0.05, 0.1) is 12.2 Å². The van der Waals surface area contributed by atoms with Gasteiger partial charge in [0.25, 0.3) is 0 Å². The van der Waals surface area contributed by atoms with Crippen molar-refractivity contribution in [1.82, 2.24) is 4.98 Å². The van der Waals surface area contributed by atoms with Crippen LogP contribution in [0.25, 0.3) is 0 Å². The summed E-state index contributed by atoms with van der Waals surface area (Å²) in [5.41, 5.74) is 7.69. The number of nitrogens with zero attached hydrogens (tertiary/aromatic N) is 2. The Bertz CT molecular complexity index is 488. The van der Waals surface area contributed by atoms with Crippen LogP contribution in [0.5, 0.6) is 0 Å². The van der Waals surface area contributed by atoms with E-state index in [1.54, 1.807) is 7.11 Å². The molecule has 1 aromatic rings. The molecule has 1 aromatic heterocycles. The lowest BCUT2D eigenvalue weighted by atomic mass is 10.1. The van der Waals surface area contributed by atoms with Crippen LogP contribution in [-0.4, -0.2) is 36.3 Å². The molecule has 1 aliphatic carbocycles.